The summed E-state index contributed by atoms with van der Waals surface area (Å²) in [6.07, 6.45) is 0.0574. The molecule has 0 aromatic heterocycles. The third kappa shape index (κ3) is 3.81. The van der Waals surface area contributed by atoms with Crippen molar-refractivity contribution >= 4 is 45.7 Å². The van der Waals surface area contributed by atoms with E-state index in [2.05, 4.69) is 0 Å². The monoisotopic (exact) mass is 583 g/mol. The van der Waals surface area contributed by atoms with E-state index in [-0.39, 0.29) is 24.2 Å². The summed E-state index contributed by atoms with van der Waals surface area (Å²) in [6.45, 7) is 0. The van der Waals surface area contributed by atoms with Gasteiger partial charge in [-0.3, -0.25) is 33.7 Å². The van der Waals surface area contributed by atoms with Crippen LogP contribution in [0, 0.1) is 23.7 Å². The molecule has 0 radical (unpaired) electrons. The lowest BCUT2D eigenvalue weighted by molar-refractivity contribution is -0.181. The maximum absolute atomic E-state index is 14.1. The fourth-order valence-electron chi connectivity index (χ4n) is 7.61. The lowest BCUT2D eigenvalue weighted by Gasteiger charge is -2.52. The molecule has 2 amide bonds. The zero-order valence-electron chi connectivity index (χ0n) is 23.4. The number of primary amides is 2. The highest BCUT2D eigenvalue weighted by molar-refractivity contribution is 6.32. The molecule has 6 N–H and O–H groups in total. The number of amides is 2. The zero-order chi connectivity index (χ0) is 31.1. The first kappa shape index (κ1) is 28.4. The molecule has 0 saturated heterocycles. The molecule has 3 aliphatic rings. The van der Waals surface area contributed by atoms with Gasteiger partial charge in [0.15, 0.2) is 34.7 Å². The van der Waals surface area contributed by atoms with Crippen molar-refractivity contribution in [3.8, 4) is 16.9 Å². The molecule has 11 nitrogen and oxygen atoms in total. The second-order valence-corrected chi connectivity index (χ2v) is 11.8. The number of phenolic OH excluding ortho intramolecular Hbond substituents is 1. The standard InChI is InChI=1S/C32H29N3O8/c1-35(2)25-20-12-13-11-19-17(16-7-8-18(30(33)41)15-6-4-3-5-14(15)16)9-10-21(36)23(19)26(37)22(13)28(39)32(20,43)29(40)24(27(25)38)31(34)42/h3-10,13,20,22,24-25,36,43H,11-12H2,1-2H3,(H2,33,41)(H2,34,42)/t13-,20-,22?,24?,25-,32-/m0/s1. The van der Waals surface area contributed by atoms with E-state index in [1.807, 2.05) is 6.07 Å². The van der Waals surface area contributed by atoms with Gasteiger partial charge in [-0.1, -0.05) is 36.4 Å². The van der Waals surface area contributed by atoms with E-state index in [9.17, 15) is 39.0 Å². The minimum absolute atomic E-state index is 0.0552. The van der Waals surface area contributed by atoms with Crippen LogP contribution in [0.5, 0.6) is 5.75 Å². The molecule has 0 heterocycles. The molecule has 6 atom stereocenters. The van der Waals surface area contributed by atoms with Gasteiger partial charge in [-0.25, -0.2) is 0 Å². The summed E-state index contributed by atoms with van der Waals surface area (Å²) in [5.41, 5.74) is 10.1. The van der Waals surface area contributed by atoms with Crippen LogP contribution in [0.4, 0.5) is 0 Å². The van der Waals surface area contributed by atoms with Crippen LogP contribution < -0.4 is 11.5 Å². The van der Waals surface area contributed by atoms with Crippen molar-refractivity contribution < 1.29 is 39.0 Å². The second-order valence-electron chi connectivity index (χ2n) is 11.8. The summed E-state index contributed by atoms with van der Waals surface area (Å²) in [5, 5.41) is 23.9. The van der Waals surface area contributed by atoms with Crippen molar-refractivity contribution in [1.82, 2.24) is 4.90 Å². The number of aromatic hydroxyl groups is 1. The molecular weight excluding hydrogens is 554 g/mol. The van der Waals surface area contributed by atoms with Crippen LogP contribution in [-0.2, 0) is 25.6 Å². The first-order chi connectivity index (χ1) is 20.3. The summed E-state index contributed by atoms with van der Waals surface area (Å²) in [6, 6.07) is 12.2. The molecule has 220 valence electrons. The normalized spacial score (nSPS) is 28.4. The van der Waals surface area contributed by atoms with E-state index in [4.69, 9.17) is 11.5 Å². The second kappa shape index (κ2) is 9.65. The fraction of sp³-hybridized carbons (Fsp3) is 0.312. The number of benzene rings is 3. The molecule has 2 fully saturated rings. The number of nitrogens with two attached hydrogens (primary N) is 2. The molecule has 11 heteroatoms. The third-order valence-corrected chi connectivity index (χ3v) is 9.42. The van der Waals surface area contributed by atoms with E-state index >= 15 is 0 Å². The maximum Gasteiger partial charge on any atom is 0.249 e. The van der Waals surface area contributed by atoms with E-state index < -0.39 is 70.3 Å². The number of nitrogens with zero attached hydrogens (tertiary/aromatic N) is 1. The number of fused-ring (bicyclic) bond motifs is 4. The van der Waals surface area contributed by atoms with Crippen LogP contribution in [0.3, 0.4) is 0 Å². The van der Waals surface area contributed by atoms with E-state index in [1.54, 1.807) is 36.4 Å². The van der Waals surface area contributed by atoms with Crippen molar-refractivity contribution in [2.45, 2.75) is 24.5 Å². The predicted molar refractivity (Wildman–Crippen MR) is 153 cm³/mol. The number of aliphatic hydroxyl groups is 1. The van der Waals surface area contributed by atoms with Crippen molar-refractivity contribution in [3.05, 3.63) is 65.2 Å². The maximum atomic E-state index is 14.1. The van der Waals surface area contributed by atoms with Gasteiger partial charge in [0, 0.05) is 11.5 Å². The Morgan fingerprint density at radius 1 is 0.907 bits per heavy atom. The Hall–Kier alpha value is -4.74. The Bertz CT molecular complexity index is 1810. The number of ketones is 4. The van der Waals surface area contributed by atoms with Gasteiger partial charge in [-0.2, -0.15) is 0 Å². The third-order valence-electron chi connectivity index (χ3n) is 9.42. The zero-order valence-corrected chi connectivity index (χ0v) is 23.4. The van der Waals surface area contributed by atoms with Gasteiger partial charge in [0.2, 0.25) is 11.8 Å². The first-order valence-corrected chi connectivity index (χ1v) is 13.8. The highest BCUT2D eigenvalue weighted by Crippen LogP contribution is 2.52. The van der Waals surface area contributed by atoms with Crippen molar-refractivity contribution in [3.63, 3.8) is 0 Å². The highest BCUT2D eigenvalue weighted by Gasteiger charge is 2.69. The van der Waals surface area contributed by atoms with Gasteiger partial charge in [0.05, 0.1) is 17.5 Å². The van der Waals surface area contributed by atoms with Crippen molar-refractivity contribution in [2.75, 3.05) is 14.1 Å². The summed E-state index contributed by atoms with van der Waals surface area (Å²) in [5.74, 6) is -11.7. The van der Waals surface area contributed by atoms with Gasteiger partial charge >= 0.3 is 0 Å². The highest BCUT2D eigenvalue weighted by atomic mass is 16.3. The first-order valence-electron chi connectivity index (χ1n) is 13.8. The molecule has 3 aromatic carbocycles. The smallest absolute Gasteiger partial charge is 0.249 e. The van der Waals surface area contributed by atoms with Crippen LogP contribution >= 0.6 is 0 Å². The number of carbonyl (C=O) groups excluding carboxylic acids is 6. The Balaban J connectivity index is 1.53. The number of likely N-dealkylation sites (N-methyl/N-ethyl adjacent to an activating group) is 1. The molecule has 3 aromatic rings. The fourth-order valence-corrected chi connectivity index (χ4v) is 7.61. The molecule has 0 bridgehead atoms. The Morgan fingerprint density at radius 3 is 2.19 bits per heavy atom. The van der Waals surface area contributed by atoms with Crippen molar-refractivity contribution in [1.29, 1.82) is 0 Å². The van der Waals surface area contributed by atoms with Gasteiger partial charge < -0.3 is 21.7 Å². The Labute approximate surface area is 245 Å². The SMILES string of the molecule is CN(C)[C@@H]1C(=O)C(C(N)=O)C(=O)[C@@]2(O)C(=O)C3C(=O)c4c(O)ccc(-c5ccc(C(N)=O)c6ccccc56)c4C[C@H]3C[C@@H]12. The largest absolute Gasteiger partial charge is 0.507 e. The summed E-state index contributed by atoms with van der Waals surface area (Å²) < 4.78 is 0. The molecule has 0 spiro atoms. The number of hydrogen-bond acceptors (Lipinski definition) is 9. The van der Waals surface area contributed by atoms with Crippen LogP contribution in [0.2, 0.25) is 0 Å². The number of hydrogen-bond donors (Lipinski definition) is 4. The molecule has 0 aliphatic heterocycles. The Kier molecular flexibility index (Phi) is 6.37. The lowest BCUT2D eigenvalue weighted by atomic mass is 9.52. The van der Waals surface area contributed by atoms with Crippen molar-refractivity contribution in [2.24, 2.45) is 35.1 Å². The van der Waals surface area contributed by atoms with Gasteiger partial charge in [0.25, 0.3) is 0 Å². The van der Waals surface area contributed by atoms with E-state index in [0.717, 1.165) is 0 Å². The minimum Gasteiger partial charge on any atom is -0.507 e. The van der Waals surface area contributed by atoms with Crippen LogP contribution in [-0.4, -0.2) is 75.8 Å². The average Bonchev–Trinajstić information content (AvgIpc) is 2.94. The van der Waals surface area contributed by atoms with Gasteiger partial charge in [-0.15, -0.1) is 0 Å². The molecule has 2 saturated carbocycles. The number of carbonyl (C=O) groups is 6. The van der Waals surface area contributed by atoms with Crippen LogP contribution in [0.25, 0.3) is 21.9 Å². The summed E-state index contributed by atoms with van der Waals surface area (Å²) in [4.78, 5) is 80.5. The number of Topliss-reactive ketones (excluding diaryl/α,β-unsaturated/α-hetero) is 4. The van der Waals surface area contributed by atoms with Gasteiger partial charge in [0.1, 0.15) is 5.75 Å². The number of phenols is 1. The van der Waals surface area contributed by atoms with E-state index in [1.165, 1.54) is 25.1 Å². The topological polar surface area (TPSA) is 198 Å². The summed E-state index contributed by atoms with van der Waals surface area (Å²) in [7, 11) is 3.07. The molecule has 2 unspecified atom stereocenters. The van der Waals surface area contributed by atoms with E-state index in [0.29, 0.717) is 33.0 Å². The predicted octanol–water partition coefficient (Wildman–Crippen LogP) is 0.786. The average molecular weight is 584 g/mol. The minimum atomic E-state index is -2.79. The molecular formula is C32H29N3O8. The summed E-state index contributed by atoms with van der Waals surface area (Å²) >= 11 is 0. The number of rotatable bonds is 4. The quantitative estimate of drug-likeness (QED) is 0.321. The molecule has 6 rings (SSSR count). The Morgan fingerprint density at radius 2 is 1.56 bits per heavy atom. The molecule has 3 aliphatic carbocycles. The van der Waals surface area contributed by atoms with Crippen LogP contribution in [0.1, 0.15) is 32.7 Å². The van der Waals surface area contributed by atoms with Crippen LogP contribution in [0.15, 0.2) is 48.5 Å². The van der Waals surface area contributed by atoms with Gasteiger partial charge in [-0.05, 0) is 72.5 Å². The molecule has 43 heavy (non-hydrogen) atoms. The lowest BCUT2D eigenvalue weighted by Crippen LogP contribution is -2.74.